The number of hydrogen-bond acceptors (Lipinski definition) is 4. The molecule has 0 fully saturated rings. The molecule has 0 radical (unpaired) electrons. The van der Waals surface area contributed by atoms with Crippen LogP contribution >= 0.6 is 0 Å². The van der Waals surface area contributed by atoms with Crippen LogP contribution in [-0.4, -0.2) is 42.7 Å². The lowest BCUT2D eigenvalue weighted by atomic mass is 10.1. The average molecular weight is 490 g/mol. The van der Waals surface area contributed by atoms with Crippen LogP contribution in [-0.2, 0) is 38.8 Å². The molecule has 3 rings (SSSR count). The molecule has 5 nitrogen and oxygen atoms in total. The number of unbranched alkanes of at least 4 members (excludes halogenated alkanes) is 1. The number of hydrogen-bond donors (Lipinski definition) is 0. The van der Waals surface area contributed by atoms with Gasteiger partial charge in [0, 0.05) is 6.54 Å². The molecule has 192 valence electrons. The van der Waals surface area contributed by atoms with Gasteiger partial charge in [-0.1, -0.05) is 104 Å². The third-order valence-corrected chi connectivity index (χ3v) is 6.11. The molecule has 0 spiro atoms. The second-order valence-electron chi connectivity index (χ2n) is 8.99. The predicted octanol–water partition coefficient (Wildman–Crippen LogP) is 6.02. The van der Waals surface area contributed by atoms with E-state index in [-0.39, 0.29) is 24.7 Å². The van der Waals surface area contributed by atoms with Gasteiger partial charge < -0.3 is 19.1 Å². The molecule has 0 aliphatic carbocycles. The van der Waals surface area contributed by atoms with Crippen molar-refractivity contribution in [2.75, 3.05) is 19.8 Å². The second kappa shape index (κ2) is 15.9. The number of rotatable bonds is 16. The summed E-state index contributed by atoms with van der Waals surface area (Å²) in [5.74, 6) is -0.0390. The van der Waals surface area contributed by atoms with Crippen LogP contribution in [0.15, 0.2) is 91.0 Å². The summed E-state index contributed by atoms with van der Waals surface area (Å²) in [5, 5.41) is 0. The zero-order valence-electron chi connectivity index (χ0n) is 21.6. The molecule has 3 aromatic rings. The van der Waals surface area contributed by atoms with Gasteiger partial charge >= 0.3 is 0 Å². The van der Waals surface area contributed by atoms with Gasteiger partial charge in [-0.2, -0.15) is 0 Å². The number of amides is 1. The molecule has 0 N–H and O–H groups in total. The van der Waals surface area contributed by atoms with Crippen molar-refractivity contribution in [3.05, 3.63) is 108 Å². The third-order valence-electron chi connectivity index (χ3n) is 6.11. The zero-order chi connectivity index (χ0) is 25.4. The summed E-state index contributed by atoms with van der Waals surface area (Å²) in [7, 11) is 0. The van der Waals surface area contributed by atoms with Crippen LogP contribution in [0.25, 0.3) is 0 Å². The van der Waals surface area contributed by atoms with Crippen molar-refractivity contribution >= 4 is 5.91 Å². The van der Waals surface area contributed by atoms with E-state index in [1.54, 1.807) is 0 Å². The summed E-state index contributed by atoms with van der Waals surface area (Å²) in [4.78, 5) is 15.3. The van der Waals surface area contributed by atoms with Gasteiger partial charge in [0.2, 0.25) is 5.91 Å². The van der Waals surface area contributed by atoms with Gasteiger partial charge in [0.25, 0.3) is 0 Å². The summed E-state index contributed by atoms with van der Waals surface area (Å²) in [6, 6.07) is 29.9. The summed E-state index contributed by atoms with van der Waals surface area (Å²) in [6.07, 6.45) is 1.69. The molecule has 0 bridgehead atoms. The van der Waals surface area contributed by atoms with Crippen LogP contribution in [0.5, 0.6) is 0 Å². The molecular formula is C31H39NO4. The molecule has 0 heterocycles. The second-order valence-corrected chi connectivity index (χ2v) is 8.99. The summed E-state index contributed by atoms with van der Waals surface area (Å²) < 4.78 is 18.2. The number of ether oxygens (including phenoxy) is 3. The quantitative estimate of drug-likeness (QED) is 0.247. The maximum Gasteiger partial charge on any atom is 0.249 e. The van der Waals surface area contributed by atoms with Crippen LogP contribution < -0.4 is 0 Å². The lowest BCUT2D eigenvalue weighted by Gasteiger charge is -2.35. The minimum atomic E-state index is -0.225. The number of nitrogens with zero attached hydrogens (tertiary/aromatic N) is 1. The number of carbonyl (C=O) groups is 1. The van der Waals surface area contributed by atoms with E-state index in [4.69, 9.17) is 14.2 Å². The van der Waals surface area contributed by atoms with E-state index in [9.17, 15) is 4.79 Å². The minimum Gasteiger partial charge on any atom is -0.375 e. The van der Waals surface area contributed by atoms with Gasteiger partial charge in [-0.25, -0.2) is 0 Å². The van der Waals surface area contributed by atoms with Gasteiger partial charge in [-0.3, -0.25) is 4.79 Å². The van der Waals surface area contributed by atoms with Gasteiger partial charge in [-0.15, -0.1) is 0 Å². The van der Waals surface area contributed by atoms with E-state index >= 15 is 0 Å². The first-order chi connectivity index (χ1) is 17.7. The highest BCUT2D eigenvalue weighted by Crippen LogP contribution is 2.16. The summed E-state index contributed by atoms with van der Waals surface area (Å²) >= 11 is 0. The van der Waals surface area contributed by atoms with Gasteiger partial charge in [-0.05, 0) is 30.0 Å². The normalized spacial score (nSPS) is 12.7. The first-order valence-corrected chi connectivity index (χ1v) is 12.9. The van der Waals surface area contributed by atoms with E-state index < -0.39 is 0 Å². The predicted molar refractivity (Wildman–Crippen MR) is 143 cm³/mol. The molecule has 0 saturated heterocycles. The Morgan fingerprint density at radius 2 is 1.25 bits per heavy atom. The van der Waals surface area contributed by atoms with Gasteiger partial charge in [0.05, 0.1) is 38.6 Å². The van der Waals surface area contributed by atoms with E-state index in [1.165, 1.54) is 0 Å². The Hall–Kier alpha value is -2.99. The van der Waals surface area contributed by atoms with Crippen molar-refractivity contribution in [1.29, 1.82) is 0 Å². The molecule has 0 aliphatic rings. The Balaban J connectivity index is 1.66. The standard InChI is InChI=1S/C31H39NO4/c1-3-4-20-32(31(33)25-35-22-28-16-10-6-11-17-28)30(24-34-21-27-14-8-5-9-15-27)26(2)36-23-29-18-12-7-13-19-29/h5-19,26,30H,3-4,20-25H2,1-2H3. The Labute approximate surface area is 216 Å². The van der Waals surface area contributed by atoms with E-state index in [2.05, 4.69) is 6.92 Å². The highest BCUT2D eigenvalue weighted by molar-refractivity contribution is 5.77. The van der Waals surface area contributed by atoms with E-state index in [0.29, 0.717) is 33.0 Å². The van der Waals surface area contributed by atoms with Gasteiger partial charge in [0.15, 0.2) is 0 Å². The van der Waals surface area contributed by atoms with Crippen LogP contribution in [0.3, 0.4) is 0 Å². The molecule has 2 unspecified atom stereocenters. The van der Waals surface area contributed by atoms with Gasteiger partial charge in [0.1, 0.15) is 6.61 Å². The Bertz CT molecular complexity index is 981. The van der Waals surface area contributed by atoms with Crippen LogP contribution in [0.4, 0.5) is 0 Å². The minimum absolute atomic E-state index is 0.0270. The monoisotopic (exact) mass is 489 g/mol. The molecule has 1 amide bonds. The van der Waals surface area contributed by atoms with Crippen LogP contribution in [0.2, 0.25) is 0 Å². The molecule has 5 heteroatoms. The van der Waals surface area contributed by atoms with Crippen molar-refractivity contribution in [1.82, 2.24) is 4.90 Å². The summed E-state index contributed by atoms with van der Waals surface area (Å²) in [6.45, 7) is 6.59. The lowest BCUT2D eigenvalue weighted by molar-refractivity contribution is -0.145. The fourth-order valence-electron chi connectivity index (χ4n) is 3.98. The maximum absolute atomic E-state index is 13.4. The van der Waals surface area contributed by atoms with E-state index in [0.717, 1.165) is 29.5 Å². The van der Waals surface area contributed by atoms with Crippen molar-refractivity contribution in [3.63, 3.8) is 0 Å². The highest BCUT2D eigenvalue weighted by Gasteiger charge is 2.29. The first kappa shape index (κ1) is 27.6. The Kier molecular flexibility index (Phi) is 12.2. The maximum atomic E-state index is 13.4. The molecule has 0 saturated carbocycles. The SMILES string of the molecule is CCCCN(C(=O)COCc1ccccc1)C(COCc1ccccc1)C(C)OCc1ccccc1. The molecule has 36 heavy (non-hydrogen) atoms. The van der Waals surface area contributed by atoms with Crippen molar-refractivity contribution in [2.24, 2.45) is 0 Å². The molecule has 3 aromatic carbocycles. The van der Waals surface area contributed by atoms with Crippen LogP contribution in [0.1, 0.15) is 43.4 Å². The third kappa shape index (κ3) is 9.57. The Morgan fingerprint density at radius 3 is 1.78 bits per heavy atom. The first-order valence-electron chi connectivity index (χ1n) is 12.9. The van der Waals surface area contributed by atoms with Crippen molar-refractivity contribution in [3.8, 4) is 0 Å². The molecule has 0 aromatic heterocycles. The smallest absolute Gasteiger partial charge is 0.249 e. The number of carbonyl (C=O) groups excluding carboxylic acids is 1. The molecule has 0 aliphatic heterocycles. The highest BCUT2D eigenvalue weighted by atomic mass is 16.5. The van der Waals surface area contributed by atoms with Crippen molar-refractivity contribution in [2.45, 2.75) is 58.7 Å². The zero-order valence-corrected chi connectivity index (χ0v) is 21.6. The fraction of sp³-hybridized carbons (Fsp3) is 0.387. The summed E-state index contributed by atoms with van der Waals surface area (Å²) in [5.41, 5.74) is 3.25. The molecule has 2 atom stereocenters. The van der Waals surface area contributed by atoms with E-state index in [1.807, 2.05) is 103 Å². The largest absolute Gasteiger partial charge is 0.375 e. The lowest BCUT2D eigenvalue weighted by Crippen LogP contribution is -2.51. The van der Waals surface area contributed by atoms with Crippen LogP contribution in [0, 0.1) is 0 Å². The average Bonchev–Trinajstić information content (AvgIpc) is 2.92. The topological polar surface area (TPSA) is 48.0 Å². The fourth-order valence-corrected chi connectivity index (χ4v) is 3.98. The molecular weight excluding hydrogens is 450 g/mol. The Morgan fingerprint density at radius 1 is 0.750 bits per heavy atom. The van der Waals surface area contributed by atoms with Crippen molar-refractivity contribution < 1.29 is 19.0 Å². The number of benzene rings is 3.